The summed E-state index contributed by atoms with van der Waals surface area (Å²) in [5, 5.41) is 8.51. The average Bonchev–Trinajstić information content (AvgIpc) is 3.37. The van der Waals surface area contributed by atoms with Gasteiger partial charge in [0.25, 0.3) is 0 Å². The number of carbonyl (C=O) groups excluding carboxylic acids is 1. The van der Waals surface area contributed by atoms with Gasteiger partial charge in [-0.25, -0.2) is 9.98 Å². The number of aliphatic imine (C=N–C) groups is 1. The number of guanidine groups is 1. The quantitative estimate of drug-likeness (QED) is 0.292. The van der Waals surface area contributed by atoms with Gasteiger partial charge in [-0.05, 0) is 13.8 Å². The molecule has 8 nitrogen and oxygen atoms in total. The normalized spacial score (nSPS) is 14.5. The number of benzene rings is 1. The van der Waals surface area contributed by atoms with Crippen LogP contribution in [-0.4, -0.2) is 57.7 Å². The third kappa shape index (κ3) is 5.47. The number of carbonyl (C=O) groups is 1. The summed E-state index contributed by atoms with van der Waals surface area (Å²) in [6.07, 6.45) is 3.59. The highest BCUT2D eigenvalue weighted by atomic mass is 127. The molecular weight excluding hydrogens is 537 g/mol. The van der Waals surface area contributed by atoms with Gasteiger partial charge in [-0.1, -0.05) is 30.3 Å². The summed E-state index contributed by atoms with van der Waals surface area (Å²) in [7, 11) is 1.85. The molecule has 1 saturated heterocycles. The molecule has 3 aromatic rings. The molecule has 3 heterocycles. The van der Waals surface area contributed by atoms with E-state index in [9.17, 15) is 4.79 Å². The zero-order chi connectivity index (χ0) is 21.8. The molecule has 170 valence electrons. The fourth-order valence-corrected chi connectivity index (χ4v) is 4.52. The van der Waals surface area contributed by atoms with Crippen LogP contribution >= 0.6 is 35.3 Å². The van der Waals surface area contributed by atoms with E-state index in [0.717, 1.165) is 39.3 Å². The summed E-state index contributed by atoms with van der Waals surface area (Å²) in [6, 6.07) is 10.2. The van der Waals surface area contributed by atoms with Crippen molar-refractivity contribution in [2.75, 3.05) is 31.1 Å². The highest BCUT2D eigenvalue weighted by molar-refractivity contribution is 14.0. The second kappa shape index (κ2) is 10.9. The summed E-state index contributed by atoms with van der Waals surface area (Å²) in [5.74, 6) is 0.806. The number of anilines is 1. The van der Waals surface area contributed by atoms with Crippen molar-refractivity contribution >= 4 is 52.9 Å². The van der Waals surface area contributed by atoms with Crippen LogP contribution in [0.2, 0.25) is 0 Å². The third-order valence-corrected chi connectivity index (χ3v) is 6.34. The molecule has 0 spiro atoms. The molecule has 1 aromatic carbocycles. The standard InChI is InChI=1S/C22H27N7OS.HI/c1-4-23-22(28-10-11-29(20(30)15-28)18-12-25-27(3)14-18)24-13-19-16(2)26-21(31-19)17-8-6-5-7-9-17;/h5-9,12,14H,4,10-11,13,15H2,1-3H3,(H,23,24);1H. The van der Waals surface area contributed by atoms with Crippen molar-refractivity contribution < 1.29 is 4.79 Å². The largest absolute Gasteiger partial charge is 0.356 e. The first kappa shape index (κ1) is 24.2. The van der Waals surface area contributed by atoms with E-state index >= 15 is 0 Å². The van der Waals surface area contributed by atoms with Crippen molar-refractivity contribution in [3.8, 4) is 10.6 Å². The maximum Gasteiger partial charge on any atom is 0.246 e. The van der Waals surface area contributed by atoms with Gasteiger partial charge in [0.15, 0.2) is 5.96 Å². The van der Waals surface area contributed by atoms with Gasteiger partial charge in [-0.2, -0.15) is 5.10 Å². The molecular formula is C22H28IN7OS. The van der Waals surface area contributed by atoms with Crippen molar-refractivity contribution in [2.24, 2.45) is 12.0 Å². The van der Waals surface area contributed by atoms with Gasteiger partial charge in [-0.15, -0.1) is 35.3 Å². The molecule has 0 atom stereocenters. The second-order valence-corrected chi connectivity index (χ2v) is 8.49. The number of hydrogen-bond acceptors (Lipinski definition) is 5. The molecule has 0 saturated carbocycles. The lowest BCUT2D eigenvalue weighted by molar-refractivity contribution is -0.120. The Morgan fingerprint density at radius 3 is 2.69 bits per heavy atom. The van der Waals surface area contributed by atoms with Gasteiger partial charge in [0.05, 0.1) is 24.1 Å². The van der Waals surface area contributed by atoms with Gasteiger partial charge in [0.1, 0.15) is 11.6 Å². The van der Waals surface area contributed by atoms with Crippen molar-refractivity contribution in [2.45, 2.75) is 20.4 Å². The van der Waals surface area contributed by atoms with Crippen LogP contribution in [0.5, 0.6) is 0 Å². The topological polar surface area (TPSA) is 78.7 Å². The fraction of sp³-hybridized carbons (Fsp3) is 0.364. The molecule has 10 heteroatoms. The molecule has 2 aromatic heterocycles. The zero-order valence-corrected chi connectivity index (χ0v) is 21.6. The van der Waals surface area contributed by atoms with E-state index in [0.29, 0.717) is 19.6 Å². The summed E-state index contributed by atoms with van der Waals surface area (Å²) < 4.78 is 1.71. The van der Waals surface area contributed by atoms with Crippen LogP contribution in [0.15, 0.2) is 47.7 Å². The lowest BCUT2D eigenvalue weighted by Gasteiger charge is -2.35. The first-order chi connectivity index (χ1) is 15.0. The Morgan fingerprint density at radius 1 is 1.25 bits per heavy atom. The monoisotopic (exact) mass is 565 g/mol. The SMILES string of the molecule is CCNC(=NCc1sc(-c2ccccc2)nc1C)N1CCN(c2cnn(C)c2)C(=O)C1.I. The van der Waals surface area contributed by atoms with E-state index < -0.39 is 0 Å². The molecule has 0 aliphatic carbocycles. The molecule has 1 aliphatic heterocycles. The van der Waals surface area contributed by atoms with Gasteiger partial charge in [0.2, 0.25) is 5.91 Å². The van der Waals surface area contributed by atoms with Gasteiger partial charge >= 0.3 is 0 Å². The molecule has 32 heavy (non-hydrogen) atoms. The number of aromatic nitrogens is 3. The van der Waals surface area contributed by atoms with Crippen molar-refractivity contribution in [1.82, 2.24) is 25.0 Å². The van der Waals surface area contributed by atoms with E-state index in [1.165, 1.54) is 0 Å². The Hall–Kier alpha value is -2.47. The van der Waals surface area contributed by atoms with E-state index in [-0.39, 0.29) is 36.4 Å². The predicted octanol–water partition coefficient (Wildman–Crippen LogP) is 3.28. The summed E-state index contributed by atoms with van der Waals surface area (Å²) in [5.41, 5.74) is 2.96. The second-order valence-electron chi connectivity index (χ2n) is 7.40. The Kier molecular flexibility index (Phi) is 8.24. The van der Waals surface area contributed by atoms with Crippen molar-refractivity contribution in [1.29, 1.82) is 0 Å². The number of nitrogens with one attached hydrogen (secondary N) is 1. The first-order valence-corrected chi connectivity index (χ1v) is 11.2. The van der Waals surface area contributed by atoms with E-state index in [1.807, 2.05) is 50.2 Å². The van der Waals surface area contributed by atoms with Crippen molar-refractivity contribution in [3.05, 3.63) is 53.3 Å². The number of thiazole rings is 1. The maximum atomic E-state index is 12.8. The summed E-state index contributed by atoms with van der Waals surface area (Å²) in [6.45, 7) is 6.95. The lowest BCUT2D eigenvalue weighted by atomic mass is 10.2. The molecule has 1 amide bonds. The van der Waals surface area contributed by atoms with Gasteiger partial charge in [-0.3, -0.25) is 9.48 Å². The van der Waals surface area contributed by atoms with Crippen LogP contribution in [0, 0.1) is 6.92 Å². The van der Waals surface area contributed by atoms with Gasteiger partial charge in [0, 0.05) is 43.3 Å². The third-order valence-electron chi connectivity index (χ3n) is 5.14. The summed E-state index contributed by atoms with van der Waals surface area (Å²) >= 11 is 1.67. The first-order valence-electron chi connectivity index (χ1n) is 10.4. The van der Waals surface area contributed by atoms with Crippen LogP contribution in [0.4, 0.5) is 5.69 Å². The molecule has 1 fully saturated rings. The zero-order valence-electron chi connectivity index (χ0n) is 18.5. The Bertz CT molecular complexity index is 1080. The minimum Gasteiger partial charge on any atom is -0.356 e. The van der Waals surface area contributed by atoms with E-state index in [1.54, 1.807) is 27.1 Å². The number of hydrogen-bond donors (Lipinski definition) is 1. The maximum absolute atomic E-state index is 12.8. The molecule has 0 bridgehead atoms. The van der Waals surface area contributed by atoms with Crippen LogP contribution in [-0.2, 0) is 18.4 Å². The molecule has 0 radical (unpaired) electrons. The smallest absolute Gasteiger partial charge is 0.246 e. The minimum absolute atomic E-state index is 0. The Balaban J connectivity index is 0.00000289. The molecule has 1 aliphatic rings. The number of rotatable bonds is 5. The molecule has 4 rings (SSSR count). The average molecular weight is 565 g/mol. The summed E-state index contributed by atoms with van der Waals surface area (Å²) in [4.78, 5) is 27.3. The van der Waals surface area contributed by atoms with Crippen LogP contribution < -0.4 is 10.2 Å². The fourth-order valence-electron chi connectivity index (χ4n) is 3.53. The number of piperazine rings is 1. The van der Waals surface area contributed by atoms with Crippen LogP contribution in [0.3, 0.4) is 0 Å². The molecule has 1 N–H and O–H groups in total. The highest BCUT2D eigenvalue weighted by Gasteiger charge is 2.27. The van der Waals surface area contributed by atoms with Crippen molar-refractivity contribution in [3.63, 3.8) is 0 Å². The lowest BCUT2D eigenvalue weighted by Crippen LogP contribution is -2.55. The van der Waals surface area contributed by atoms with Crippen LogP contribution in [0.25, 0.3) is 10.6 Å². The minimum atomic E-state index is 0. The Morgan fingerprint density at radius 2 is 2.03 bits per heavy atom. The van der Waals surface area contributed by atoms with Crippen LogP contribution in [0.1, 0.15) is 17.5 Å². The number of aryl methyl sites for hydroxylation is 2. The number of nitrogens with zero attached hydrogens (tertiary/aromatic N) is 6. The van der Waals surface area contributed by atoms with Gasteiger partial charge < -0.3 is 15.1 Å². The predicted molar refractivity (Wildman–Crippen MR) is 140 cm³/mol. The Labute approximate surface area is 209 Å². The molecule has 0 unspecified atom stereocenters. The van der Waals surface area contributed by atoms with E-state index in [2.05, 4.69) is 22.5 Å². The number of halogens is 1. The number of amides is 1. The highest BCUT2D eigenvalue weighted by Crippen LogP contribution is 2.28. The van der Waals surface area contributed by atoms with E-state index in [4.69, 9.17) is 9.98 Å².